The van der Waals surface area contributed by atoms with Gasteiger partial charge in [0, 0.05) is 13.1 Å². The first kappa shape index (κ1) is 12.7. The Morgan fingerprint density at radius 3 is 2.11 bits per heavy atom. The highest BCUT2D eigenvalue weighted by molar-refractivity contribution is 5.42. The Labute approximate surface area is 114 Å². The van der Waals surface area contributed by atoms with Gasteiger partial charge < -0.3 is 10.0 Å². The smallest absolute Gasteiger partial charge is 0.313 e. The molecule has 104 valence electrons. The number of hydrogen-bond donors (Lipinski definition) is 1. The van der Waals surface area contributed by atoms with Crippen LogP contribution in [0.1, 0.15) is 44.9 Å². The van der Waals surface area contributed by atoms with Crippen molar-refractivity contribution < 1.29 is 5.11 Å². The van der Waals surface area contributed by atoms with Crippen molar-refractivity contribution in [3.05, 3.63) is 12.4 Å². The van der Waals surface area contributed by atoms with Crippen LogP contribution in [-0.2, 0) is 0 Å². The Morgan fingerprint density at radius 2 is 1.47 bits per heavy atom. The van der Waals surface area contributed by atoms with Gasteiger partial charge in [0.15, 0.2) is 0 Å². The summed E-state index contributed by atoms with van der Waals surface area (Å²) in [5, 5.41) is 9.13. The minimum Gasteiger partial charge on any atom is -0.479 e. The summed E-state index contributed by atoms with van der Waals surface area (Å²) in [6, 6.07) is -0.138. The van der Waals surface area contributed by atoms with Crippen molar-refractivity contribution in [1.29, 1.82) is 0 Å². The van der Waals surface area contributed by atoms with E-state index in [1.807, 2.05) is 0 Å². The number of nitrogens with zero attached hydrogens (tertiary/aromatic N) is 3. The van der Waals surface area contributed by atoms with Crippen LogP contribution >= 0.6 is 0 Å². The molecular formula is C15H23N3O. The van der Waals surface area contributed by atoms with Gasteiger partial charge in [-0.05, 0) is 24.7 Å². The van der Waals surface area contributed by atoms with Crippen molar-refractivity contribution in [1.82, 2.24) is 9.97 Å². The Hall–Kier alpha value is -1.32. The molecule has 0 radical (unpaired) electrons. The van der Waals surface area contributed by atoms with Gasteiger partial charge in [0.2, 0.25) is 0 Å². The van der Waals surface area contributed by atoms with Crippen LogP contribution < -0.4 is 4.90 Å². The van der Waals surface area contributed by atoms with Gasteiger partial charge in [-0.25, -0.2) is 9.97 Å². The van der Waals surface area contributed by atoms with Crippen LogP contribution in [0.15, 0.2) is 12.4 Å². The van der Waals surface area contributed by atoms with Gasteiger partial charge in [0.1, 0.15) is 0 Å². The summed E-state index contributed by atoms with van der Waals surface area (Å²) in [6.07, 6.45) is 13.3. The molecule has 4 heteroatoms. The molecule has 1 aromatic rings. The van der Waals surface area contributed by atoms with E-state index in [0.29, 0.717) is 0 Å². The molecule has 19 heavy (non-hydrogen) atoms. The number of aromatic hydroxyl groups is 1. The van der Waals surface area contributed by atoms with E-state index in [1.54, 1.807) is 12.4 Å². The van der Waals surface area contributed by atoms with Crippen LogP contribution in [0, 0.1) is 11.8 Å². The van der Waals surface area contributed by atoms with Gasteiger partial charge in [-0.2, -0.15) is 0 Å². The van der Waals surface area contributed by atoms with E-state index in [2.05, 4.69) is 14.9 Å². The minimum absolute atomic E-state index is 0.138. The first-order valence-corrected chi connectivity index (χ1v) is 7.59. The summed E-state index contributed by atoms with van der Waals surface area (Å²) in [4.78, 5) is 10.1. The van der Waals surface area contributed by atoms with Crippen LogP contribution in [0.4, 0.5) is 5.69 Å². The Balaban J connectivity index is 1.55. The van der Waals surface area contributed by atoms with E-state index < -0.39 is 0 Å². The summed E-state index contributed by atoms with van der Waals surface area (Å²) in [5.74, 6) is 1.90. The fraction of sp³-hybridized carbons (Fsp3) is 0.733. The highest BCUT2D eigenvalue weighted by atomic mass is 16.3. The largest absolute Gasteiger partial charge is 0.479 e. The monoisotopic (exact) mass is 261 g/mol. The molecule has 1 saturated carbocycles. The summed E-state index contributed by atoms with van der Waals surface area (Å²) >= 11 is 0. The topological polar surface area (TPSA) is 49.3 Å². The zero-order valence-electron chi connectivity index (χ0n) is 11.5. The quantitative estimate of drug-likeness (QED) is 0.889. The maximum absolute atomic E-state index is 9.13. The van der Waals surface area contributed by atoms with Crippen LogP contribution in [0.25, 0.3) is 0 Å². The van der Waals surface area contributed by atoms with Gasteiger partial charge in [-0.15, -0.1) is 0 Å². The summed E-state index contributed by atoms with van der Waals surface area (Å²) in [7, 11) is 0. The third kappa shape index (κ3) is 2.99. The molecule has 1 aliphatic carbocycles. The summed E-state index contributed by atoms with van der Waals surface area (Å²) in [5.41, 5.74) is 1.04. The van der Waals surface area contributed by atoms with E-state index in [9.17, 15) is 0 Å². The first-order chi connectivity index (χ1) is 9.33. The predicted molar refractivity (Wildman–Crippen MR) is 75.2 cm³/mol. The van der Waals surface area contributed by atoms with E-state index in [1.165, 1.54) is 44.9 Å². The van der Waals surface area contributed by atoms with Crippen molar-refractivity contribution in [2.75, 3.05) is 18.0 Å². The minimum atomic E-state index is -0.138. The van der Waals surface area contributed by atoms with Crippen molar-refractivity contribution in [2.45, 2.75) is 44.9 Å². The Kier molecular flexibility index (Phi) is 3.85. The average molecular weight is 261 g/mol. The number of rotatable bonds is 2. The molecule has 0 aromatic carbocycles. The molecule has 1 aromatic heterocycles. The standard InChI is InChI=1S/C15H23N3O/c19-15-16-10-14(11-17-15)18-8-6-13(7-9-18)12-4-2-1-3-5-12/h10-13H,1-9H2,(H,16,17,19). The average Bonchev–Trinajstić information content (AvgIpc) is 2.49. The summed E-state index contributed by atoms with van der Waals surface area (Å²) < 4.78 is 0. The molecule has 0 amide bonds. The first-order valence-electron chi connectivity index (χ1n) is 7.59. The van der Waals surface area contributed by atoms with E-state index in [4.69, 9.17) is 5.11 Å². The Morgan fingerprint density at radius 1 is 0.895 bits per heavy atom. The van der Waals surface area contributed by atoms with Gasteiger partial charge in [0.25, 0.3) is 0 Å². The predicted octanol–water partition coefficient (Wildman–Crippen LogP) is 2.98. The third-order valence-corrected chi connectivity index (χ3v) is 4.85. The molecule has 0 bridgehead atoms. The molecule has 3 rings (SSSR count). The highest BCUT2D eigenvalue weighted by Gasteiger charge is 2.27. The fourth-order valence-corrected chi connectivity index (χ4v) is 3.71. The molecule has 0 spiro atoms. The van der Waals surface area contributed by atoms with Crippen molar-refractivity contribution in [3.8, 4) is 6.01 Å². The second kappa shape index (κ2) is 5.76. The summed E-state index contributed by atoms with van der Waals surface area (Å²) in [6.45, 7) is 2.21. The number of hydrogen-bond acceptors (Lipinski definition) is 4. The molecule has 4 nitrogen and oxygen atoms in total. The molecule has 0 atom stereocenters. The molecule has 0 unspecified atom stereocenters. The van der Waals surface area contributed by atoms with Gasteiger partial charge in [0.05, 0.1) is 18.1 Å². The van der Waals surface area contributed by atoms with Crippen LogP contribution in [-0.4, -0.2) is 28.2 Å². The Bertz CT molecular complexity index is 392. The lowest BCUT2D eigenvalue weighted by atomic mass is 9.76. The van der Waals surface area contributed by atoms with Gasteiger partial charge in [-0.3, -0.25) is 0 Å². The van der Waals surface area contributed by atoms with Crippen LogP contribution in [0.5, 0.6) is 6.01 Å². The van der Waals surface area contributed by atoms with E-state index >= 15 is 0 Å². The molecule has 2 aliphatic rings. The SMILES string of the molecule is Oc1ncc(N2CCC(C3CCCCC3)CC2)cn1. The zero-order valence-corrected chi connectivity index (χ0v) is 11.5. The second-order valence-corrected chi connectivity index (χ2v) is 5.96. The van der Waals surface area contributed by atoms with Crippen molar-refractivity contribution >= 4 is 5.69 Å². The van der Waals surface area contributed by atoms with Crippen molar-refractivity contribution in [2.24, 2.45) is 11.8 Å². The van der Waals surface area contributed by atoms with E-state index in [-0.39, 0.29) is 6.01 Å². The lowest BCUT2D eigenvalue weighted by Crippen LogP contribution is -2.36. The molecule has 1 N–H and O–H groups in total. The molecule has 1 aliphatic heterocycles. The molecule has 2 heterocycles. The van der Waals surface area contributed by atoms with Gasteiger partial charge in [-0.1, -0.05) is 32.1 Å². The van der Waals surface area contributed by atoms with Crippen LogP contribution in [0.2, 0.25) is 0 Å². The third-order valence-electron chi connectivity index (χ3n) is 4.85. The fourth-order valence-electron chi connectivity index (χ4n) is 3.71. The molecule has 2 fully saturated rings. The van der Waals surface area contributed by atoms with Gasteiger partial charge >= 0.3 is 6.01 Å². The number of aromatic nitrogens is 2. The normalized spacial score (nSPS) is 22.6. The second-order valence-electron chi connectivity index (χ2n) is 5.96. The lowest BCUT2D eigenvalue weighted by molar-refractivity contribution is 0.213. The number of anilines is 1. The van der Waals surface area contributed by atoms with Crippen LogP contribution in [0.3, 0.4) is 0 Å². The molecule has 1 saturated heterocycles. The maximum atomic E-state index is 9.13. The maximum Gasteiger partial charge on any atom is 0.313 e. The molecular weight excluding hydrogens is 238 g/mol. The highest BCUT2D eigenvalue weighted by Crippen LogP contribution is 2.36. The lowest BCUT2D eigenvalue weighted by Gasteiger charge is -2.38. The van der Waals surface area contributed by atoms with Crippen molar-refractivity contribution in [3.63, 3.8) is 0 Å². The zero-order chi connectivity index (χ0) is 13.1. The number of piperidine rings is 1. The van der Waals surface area contributed by atoms with E-state index in [0.717, 1.165) is 30.6 Å².